The largest absolute Gasteiger partial charge is 0.364 e. The minimum absolute atomic E-state index is 0.0859. The average molecular weight is 304 g/mol. The summed E-state index contributed by atoms with van der Waals surface area (Å²) in [5.41, 5.74) is 2.13. The molecule has 3 N–H and O–H groups in total. The summed E-state index contributed by atoms with van der Waals surface area (Å²) in [6, 6.07) is 3.94. The Bertz CT molecular complexity index is 440. The van der Waals surface area contributed by atoms with Crippen molar-refractivity contribution in [3.63, 3.8) is 0 Å². The van der Waals surface area contributed by atoms with Crippen LogP contribution >= 0.6 is 22.9 Å². The van der Waals surface area contributed by atoms with Crippen LogP contribution in [0.15, 0.2) is 12.1 Å². The van der Waals surface area contributed by atoms with Gasteiger partial charge in [-0.1, -0.05) is 11.6 Å². The van der Waals surface area contributed by atoms with Gasteiger partial charge in [0.25, 0.3) is 5.91 Å². The molecule has 1 saturated heterocycles. The number of carbonyl (C=O) groups is 1. The molecular formula is C12H18ClN3O2S. The van der Waals surface area contributed by atoms with Crippen LogP contribution in [-0.2, 0) is 16.1 Å². The molecule has 2 atom stereocenters. The summed E-state index contributed by atoms with van der Waals surface area (Å²) in [4.78, 5) is 14.8. The van der Waals surface area contributed by atoms with Crippen LogP contribution in [0.3, 0.4) is 0 Å². The number of hydrogen-bond acceptors (Lipinski definition) is 5. The molecule has 1 aromatic heterocycles. The summed E-state index contributed by atoms with van der Waals surface area (Å²) in [7, 11) is 2.04. The second-order valence-corrected chi connectivity index (χ2v) is 6.53. The molecule has 0 radical (unpaired) electrons. The third-order valence-electron chi connectivity index (χ3n) is 3.11. The number of rotatable bonds is 5. The predicted molar refractivity (Wildman–Crippen MR) is 75.9 cm³/mol. The quantitative estimate of drug-likeness (QED) is 0.490. The minimum atomic E-state index is -0.403. The highest BCUT2D eigenvalue weighted by molar-refractivity contribution is 7.16. The van der Waals surface area contributed by atoms with E-state index in [9.17, 15) is 4.79 Å². The fraction of sp³-hybridized carbons (Fsp3) is 0.583. The van der Waals surface area contributed by atoms with E-state index in [1.54, 1.807) is 11.3 Å². The first-order valence-electron chi connectivity index (χ1n) is 6.17. The van der Waals surface area contributed by atoms with Crippen molar-refractivity contribution < 1.29 is 9.53 Å². The Hall–Kier alpha value is -0.660. The summed E-state index contributed by atoms with van der Waals surface area (Å²) < 4.78 is 6.48. The van der Waals surface area contributed by atoms with Gasteiger partial charge in [-0.25, -0.2) is 5.84 Å². The zero-order valence-electron chi connectivity index (χ0n) is 10.8. The van der Waals surface area contributed by atoms with E-state index in [4.69, 9.17) is 22.2 Å². The van der Waals surface area contributed by atoms with E-state index in [1.165, 1.54) is 4.88 Å². The number of thiophene rings is 1. The van der Waals surface area contributed by atoms with Gasteiger partial charge >= 0.3 is 0 Å². The Kier molecular flexibility index (Phi) is 5.18. The van der Waals surface area contributed by atoms with Gasteiger partial charge in [-0.2, -0.15) is 0 Å². The molecule has 0 aliphatic carbocycles. The highest BCUT2D eigenvalue weighted by atomic mass is 35.5. The molecule has 1 aliphatic rings. The van der Waals surface area contributed by atoms with Crippen LogP contribution < -0.4 is 11.3 Å². The zero-order valence-corrected chi connectivity index (χ0v) is 12.3. The van der Waals surface area contributed by atoms with Gasteiger partial charge in [-0.15, -0.1) is 11.3 Å². The van der Waals surface area contributed by atoms with Crippen molar-refractivity contribution in [3.05, 3.63) is 21.3 Å². The topological polar surface area (TPSA) is 67.6 Å². The Balaban J connectivity index is 1.77. The van der Waals surface area contributed by atoms with Crippen molar-refractivity contribution >= 4 is 28.8 Å². The second-order valence-electron chi connectivity index (χ2n) is 4.74. The lowest BCUT2D eigenvalue weighted by Crippen LogP contribution is -2.39. The SMILES string of the molecule is CN(Cc1ccc(Cl)s1)CC1CCC(C(=O)NN)O1. The van der Waals surface area contributed by atoms with Gasteiger partial charge in [-0.05, 0) is 32.0 Å². The van der Waals surface area contributed by atoms with E-state index in [1.807, 2.05) is 19.2 Å². The first kappa shape index (κ1) is 14.7. The first-order chi connectivity index (χ1) is 9.08. The third-order valence-corrected chi connectivity index (χ3v) is 4.33. The number of hydrogen-bond donors (Lipinski definition) is 2. The van der Waals surface area contributed by atoms with E-state index < -0.39 is 6.10 Å². The number of carbonyl (C=O) groups excluding carboxylic acids is 1. The molecule has 1 fully saturated rings. The standard InChI is InChI=1S/C12H18ClN3O2S/c1-16(7-9-3-5-11(13)19-9)6-8-2-4-10(18-8)12(17)15-14/h3,5,8,10H,2,4,6-7,14H2,1H3,(H,15,17). The van der Waals surface area contributed by atoms with Crippen LogP contribution in [0, 0.1) is 0 Å². The molecule has 0 aromatic carbocycles. The zero-order chi connectivity index (χ0) is 13.8. The van der Waals surface area contributed by atoms with Gasteiger partial charge in [-0.3, -0.25) is 15.1 Å². The van der Waals surface area contributed by atoms with Crippen LogP contribution in [0.4, 0.5) is 0 Å². The van der Waals surface area contributed by atoms with Crippen molar-refractivity contribution in [2.24, 2.45) is 5.84 Å². The highest BCUT2D eigenvalue weighted by Crippen LogP contribution is 2.24. The van der Waals surface area contributed by atoms with Crippen LogP contribution in [0.25, 0.3) is 0 Å². The summed E-state index contributed by atoms with van der Waals surface area (Å²) >= 11 is 7.49. The summed E-state index contributed by atoms with van der Waals surface area (Å²) in [5, 5.41) is 0. The van der Waals surface area contributed by atoms with Crippen LogP contribution in [-0.4, -0.2) is 36.6 Å². The summed E-state index contributed by atoms with van der Waals surface area (Å²) in [5.74, 6) is 4.86. The monoisotopic (exact) mass is 303 g/mol. The van der Waals surface area contributed by atoms with Crippen LogP contribution in [0.1, 0.15) is 17.7 Å². The molecule has 106 valence electrons. The second kappa shape index (κ2) is 6.67. The molecule has 1 amide bonds. The molecular weight excluding hydrogens is 286 g/mol. The maximum atomic E-state index is 11.4. The average Bonchev–Trinajstić information content (AvgIpc) is 2.98. The summed E-state index contributed by atoms with van der Waals surface area (Å²) in [6.07, 6.45) is 1.29. The maximum Gasteiger partial charge on any atom is 0.263 e. The number of nitrogens with one attached hydrogen (secondary N) is 1. The van der Waals surface area contributed by atoms with Gasteiger partial charge in [0.15, 0.2) is 0 Å². The molecule has 2 unspecified atom stereocenters. The van der Waals surface area contributed by atoms with E-state index >= 15 is 0 Å². The van der Waals surface area contributed by atoms with Gasteiger partial charge in [0.05, 0.1) is 10.4 Å². The third kappa shape index (κ3) is 4.15. The number of ether oxygens (including phenoxy) is 1. The Labute approximate surface area is 121 Å². The number of hydrazine groups is 1. The first-order valence-corrected chi connectivity index (χ1v) is 7.36. The molecule has 7 heteroatoms. The van der Waals surface area contributed by atoms with Crippen LogP contribution in [0.5, 0.6) is 0 Å². The molecule has 1 aromatic rings. The highest BCUT2D eigenvalue weighted by Gasteiger charge is 2.30. The van der Waals surface area contributed by atoms with Crippen molar-refractivity contribution in [2.75, 3.05) is 13.6 Å². The van der Waals surface area contributed by atoms with Crippen molar-refractivity contribution in [1.82, 2.24) is 10.3 Å². The van der Waals surface area contributed by atoms with E-state index in [0.717, 1.165) is 30.3 Å². The molecule has 1 aliphatic heterocycles. The van der Waals surface area contributed by atoms with Crippen molar-refractivity contribution in [3.8, 4) is 0 Å². The fourth-order valence-corrected chi connectivity index (χ4v) is 3.41. The predicted octanol–water partition coefficient (Wildman–Crippen LogP) is 1.37. The lowest BCUT2D eigenvalue weighted by Gasteiger charge is -2.20. The van der Waals surface area contributed by atoms with E-state index in [2.05, 4.69) is 10.3 Å². The van der Waals surface area contributed by atoms with E-state index in [-0.39, 0.29) is 12.0 Å². The van der Waals surface area contributed by atoms with Gasteiger partial charge < -0.3 is 4.74 Å². The van der Waals surface area contributed by atoms with Gasteiger partial charge in [0, 0.05) is 18.0 Å². The Morgan fingerprint density at radius 1 is 1.63 bits per heavy atom. The summed E-state index contributed by atoms with van der Waals surface area (Å²) in [6.45, 7) is 1.63. The van der Waals surface area contributed by atoms with E-state index in [0.29, 0.717) is 0 Å². The Morgan fingerprint density at radius 2 is 2.42 bits per heavy atom. The molecule has 2 rings (SSSR count). The molecule has 0 spiro atoms. The lowest BCUT2D eigenvalue weighted by atomic mass is 10.2. The number of likely N-dealkylation sites (N-methyl/N-ethyl adjacent to an activating group) is 1. The molecule has 0 saturated carbocycles. The number of nitrogens with zero attached hydrogens (tertiary/aromatic N) is 1. The van der Waals surface area contributed by atoms with Gasteiger partial charge in [0.1, 0.15) is 6.10 Å². The fourth-order valence-electron chi connectivity index (χ4n) is 2.24. The Morgan fingerprint density at radius 3 is 3.05 bits per heavy atom. The lowest BCUT2D eigenvalue weighted by molar-refractivity contribution is -0.132. The molecule has 2 heterocycles. The smallest absolute Gasteiger partial charge is 0.263 e. The van der Waals surface area contributed by atoms with Crippen molar-refractivity contribution in [1.29, 1.82) is 0 Å². The van der Waals surface area contributed by atoms with Crippen molar-refractivity contribution in [2.45, 2.75) is 31.6 Å². The number of halogens is 1. The molecule has 0 bridgehead atoms. The van der Waals surface area contributed by atoms with Crippen LogP contribution in [0.2, 0.25) is 4.34 Å². The molecule has 5 nitrogen and oxygen atoms in total. The molecule has 19 heavy (non-hydrogen) atoms. The van der Waals surface area contributed by atoms with Gasteiger partial charge in [0.2, 0.25) is 0 Å². The number of amides is 1. The minimum Gasteiger partial charge on any atom is -0.364 e. The normalized spacial score (nSPS) is 22.9. The maximum absolute atomic E-state index is 11.4. The number of nitrogens with two attached hydrogens (primary N) is 1.